The van der Waals surface area contributed by atoms with Gasteiger partial charge >= 0.3 is 0 Å². The standard InChI is InChI=1S/C10H17N3O2S/c1-9-10(5-4-7-12-9)13-16(14,15)8-3-2-6-11/h4-5,7,13H,2-3,6,8,11H2,1H3. The molecule has 0 aliphatic rings. The summed E-state index contributed by atoms with van der Waals surface area (Å²) in [6.07, 6.45) is 2.92. The summed E-state index contributed by atoms with van der Waals surface area (Å²) in [6.45, 7) is 2.28. The lowest BCUT2D eigenvalue weighted by molar-refractivity contribution is 0.597. The molecule has 5 nitrogen and oxygen atoms in total. The summed E-state index contributed by atoms with van der Waals surface area (Å²) in [4.78, 5) is 4.01. The number of pyridine rings is 1. The number of hydrogen-bond acceptors (Lipinski definition) is 4. The average Bonchev–Trinajstić information content (AvgIpc) is 2.21. The molecule has 1 aromatic heterocycles. The van der Waals surface area contributed by atoms with Gasteiger partial charge in [-0.25, -0.2) is 8.42 Å². The Morgan fingerprint density at radius 2 is 2.19 bits per heavy atom. The van der Waals surface area contributed by atoms with E-state index in [1.807, 2.05) is 0 Å². The van der Waals surface area contributed by atoms with Gasteiger partial charge in [0.1, 0.15) is 0 Å². The number of nitrogens with one attached hydrogen (secondary N) is 1. The Bertz CT molecular complexity index is 431. The summed E-state index contributed by atoms with van der Waals surface area (Å²) >= 11 is 0. The van der Waals surface area contributed by atoms with Crippen molar-refractivity contribution >= 4 is 15.7 Å². The fourth-order valence-electron chi connectivity index (χ4n) is 1.25. The minimum absolute atomic E-state index is 0.0958. The van der Waals surface area contributed by atoms with Gasteiger partial charge in [-0.15, -0.1) is 0 Å². The van der Waals surface area contributed by atoms with Crippen LogP contribution in [0.15, 0.2) is 18.3 Å². The molecule has 0 bridgehead atoms. The van der Waals surface area contributed by atoms with Crippen molar-refractivity contribution in [3.63, 3.8) is 0 Å². The van der Waals surface area contributed by atoms with Crippen LogP contribution in [0.5, 0.6) is 0 Å². The molecule has 6 heteroatoms. The number of anilines is 1. The molecular formula is C10H17N3O2S. The van der Waals surface area contributed by atoms with Crippen molar-refractivity contribution in [3.05, 3.63) is 24.0 Å². The predicted octanol–water partition coefficient (Wildman–Crippen LogP) is 0.871. The Hall–Kier alpha value is -1.14. The maximum Gasteiger partial charge on any atom is 0.232 e. The lowest BCUT2D eigenvalue weighted by Gasteiger charge is -2.09. The van der Waals surface area contributed by atoms with Crippen molar-refractivity contribution in [3.8, 4) is 0 Å². The Labute approximate surface area is 96.1 Å². The highest BCUT2D eigenvalue weighted by Gasteiger charge is 2.11. The monoisotopic (exact) mass is 243 g/mol. The first-order valence-electron chi connectivity index (χ1n) is 5.17. The second kappa shape index (κ2) is 5.81. The number of sulfonamides is 1. The van der Waals surface area contributed by atoms with Crippen LogP contribution in [0, 0.1) is 6.92 Å². The molecular weight excluding hydrogens is 226 g/mol. The predicted molar refractivity (Wildman–Crippen MR) is 64.7 cm³/mol. The van der Waals surface area contributed by atoms with Crippen LogP contribution in [0.2, 0.25) is 0 Å². The molecule has 0 unspecified atom stereocenters. The van der Waals surface area contributed by atoms with Crippen LogP contribution in [0.4, 0.5) is 5.69 Å². The Balaban J connectivity index is 2.63. The summed E-state index contributed by atoms with van der Waals surface area (Å²) in [5, 5.41) is 0. The number of nitrogens with zero attached hydrogens (tertiary/aromatic N) is 1. The SMILES string of the molecule is Cc1ncccc1NS(=O)(=O)CCCCN. The summed E-state index contributed by atoms with van der Waals surface area (Å²) in [6, 6.07) is 3.40. The Kier molecular flexibility index (Phi) is 4.70. The molecule has 0 radical (unpaired) electrons. The van der Waals surface area contributed by atoms with E-state index in [0.29, 0.717) is 30.8 Å². The highest BCUT2D eigenvalue weighted by molar-refractivity contribution is 7.92. The molecule has 90 valence electrons. The number of unbranched alkanes of at least 4 members (excludes halogenated alkanes) is 1. The molecule has 0 amide bonds. The lowest BCUT2D eigenvalue weighted by atomic mass is 10.3. The molecule has 1 heterocycles. The summed E-state index contributed by atoms with van der Waals surface area (Å²) in [5.41, 5.74) is 6.52. The summed E-state index contributed by atoms with van der Waals surface area (Å²) in [5.74, 6) is 0.0958. The van der Waals surface area contributed by atoms with Gasteiger partial charge in [-0.3, -0.25) is 9.71 Å². The highest BCUT2D eigenvalue weighted by Crippen LogP contribution is 2.12. The van der Waals surface area contributed by atoms with E-state index < -0.39 is 10.0 Å². The smallest absolute Gasteiger partial charge is 0.232 e. The third kappa shape index (κ3) is 4.16. The molecule has 0 atom stereocenters. The Morgan fingerprint density at radius 3 is 2.81 bits per heavy atom. The minimum Gasteiger partial charge on any atom is -0.330 e. The van der Waals surface area contributed by atoms with Gasteiger partial charge in [-0.1, -0.05) is 0 Å². The van der Waals surface area contributed by atoms with Crippen LogP contribution in [-0.4, -0.2) is 25.7 Å². The zero-order valence-corrected chi connectivity index (χ0v) is 10.1. The first kappa shape index (κ1) is 12.9. The van der Waals surface area contributed by atoms with E-state index >= 15 is 0 Å². The van der Waals surface area contributed by atoms with Gasteiger partial charge in [-0.2, -0.15) is 0 Å². The number of nitrogens with two attached hydrogens (primary N) is 1. The zero-order chi connectivity index (χ0) is 12.0. The molecule has 0 fully saturated rings. The molecule has 0 aliphatic carbocycles. The minimum atomic E-state index is -3.27. The second-order valence-electron chi connectivity index (χ2n) is 3.55. The first-order chi connectivity index (χ1) is 7.55. The van der Waals surface area contributed by atoms with E-state index in [9.17, 15) is 8.42 Å². The van der Waals surface area contributed by atoms with Crippen molar-refractivity contribution in [2.24, 2.45) is 5.73 Å². The van der Waals surface area contributed by atoms with E-state index in [-0.39, 0.29) is 5.75 Å². The van der Waals surface area contributed by atoms with E-state index in [2.05, 4.69) is 9.71 Å². The fraction of sp³-hybridized carbons (Fsp3) is 0.500. The van der Waals surface area contributed by atoms with Crippen molar-refractivity contribution in [2.75, 3.05) is 17.0 Å². The number of rotatable bonds is 6. The second-order valence-corrected chi connectivity index (χ2v) is 5.39. The van der Waals surface area contributed by atoms with Gasteiger partial charge in [0.25, 0.3) is 0 Å². The van der Waals surface area contributed by atoms with Crippen molar-refractivity contribution in [2.45, 2.75) is 19.8 Å². The number of aromatic nitrogens is 1. The molecule has 0 saturated carbocycles. The third-order valence-electron chi connectivity index (χ3n) is 2.14. The number of aryl methyl sites for hydroxylation is 1. The average molecular weight is 243 g/mol. The third-order valence-corrected chi connectivity index (χ3v) is 3.50. The van der Waals surface area contributed by atoms with E-state index in [4.69, 9.17) is 5.73 Å². The van der Waals surface area contributed by atoms with Crippen molar-refractivity contribution in [1.29, 1.82) is 0 Å². The van der Waals surface area contributed by atoms with Crippen molar-refractivity contribution in [1.82, 2.24) is 4.98 Å². The topological polar surface area (TPSA) is 85.1 Å². The summed E-state index contributed by atoms with van der Waals surface area (Å²) in [7, 11) is -3.27. The van der Waals surface area contributed by atoms with Crippen LogP contribution in [0.1, 0.15) is 18.5 Å². The maximum absolute atomic E-state index is 11.6. The van der Waals surface area contributed by atoms with Crippen LogP contribution < -0.4 is 10.5 Å². The van der Waals surface area contributed by atoms with Crippen LogP contribution >= 0.6 is 0 Å². The largest absolute Gasteiger partial charge is 0.330 e. The molecule has 1 aromatic rings. The fourth-order valence-corrected chi connectivity index (χ4v) is 2.48. The first-order valence-corrected chi connectivity index (χ1v) is 6.82. The normalized spacial score (nSPS) is 11.4. The zero-order valence-electron chi connectivity index (χ0n) is 9.31. The van der Waals surface area contributed by atoms with Gasteiger partial charge in [-0.05, 0) is 38.4 Å². The van der Waals surface area contributed by atoms with E-state index in [1.54, 1.807) is 25.3 Å². The van der Waals surface area contributed by atoms with E-state index in [0.717, 1.165) is 0 Å². The van der Waals surface area contributed by atoms with Crippen LogP contribution in [0.3, 0.4) is 0 Å². The van der Waals surface area contributed by atoms with Crippen LogP contribution in [-0.2, 0) is 10.0 Å². The molecule has 0 saturated heterocycles. The number of hydrogen-bond donors (Lipinski definition) is 2. The Morgan fingerprint density at radius 1 is 1.44 bits per heavy atom. The highest BCUT2D eigenvalue weighted by atomic mass is 32.2. The van der Waals surface area contributed by atoms with Gasteiger partial charge in [0, 0.05) is 6.20 Å². The molecule has 0 aliphatic heterocycles. The molecule has 3 N–H and O–H groups in total. The van der Waals surface area contributed by atoms with Gasteiger partial charge in [0.15, 0.2) is 0 Å². The molecule has 16 heavy (non-hydrogen) atoms. The van der Waals surface area contributed by atoms with E-state index in [1.165, 1.54) is 0 Å². The van der Waals surface area contributed by atoms with Gasteiger partial charge in [0.2, 0.25) is 10.0 Å². The molecule has 1 rings (SSSR count). The molecule has 0 spiro atoms. The lowest BCUT2D eigenvalue weighted by Crippen LogP contribution is -2.18. The van der Waals surface area contributed by atoms with Gasteiger partial charge < -0.3 is 5.73 Å². The summed E-state index contributed by atoms with van der Waals surface area (Å²) < 4.78 is 25.8. The maximum atomic E-state index is 11.6. The van der Waals surface area contributed by atoms with Crippen molar-refractivity contribution < 1.29 is 8.42 Å². The quantitative estimate of drug-likeness (QED) is 0.726. The van der Waals surface area contributed by atoms with Gasteiger partial charge in [0.05, 0.1) is 17.1 Å². The molecule has 0 aromatic carbocycles. The van der Waals surface area contributed by atoms with Crippen LogP contribution in [0.25, 0.3) is 0 Å².